The van der Waals surface area contributed by atoms with E-state index in [0.717, 1.165) is 29.8 Å². The van der Waals surface area contributed by atoms with E-state index < -0.39 is 0 Å². The van der Waals surface area contributed by atoms with Crippen LogP contribution in [0.2, 0.25) is 0 Å². The molecule has 0 radical (unpaired) electrons. The number of nitrogens with zero attached hydrogens (tertiary/aromatic N) is 5. The van der Waals surface area contributed by atoms with Gasteiger partial charge < -0.3 is 10.2 Å². The number of amides is 2. The molecule has 0 atom stereocenters. The third-order valence-corrected chi connectivity index (χ3v) is 5.18. The predicted molar refractivity (Wildman–Crippen MR) is 112 cm³/mol. The van der Waals surface area contributed by atoms with Gasteiger partial charge >= 0.3 is 0 Å². The van der Waals surface area contributed by atoms with E-state index in [4.69, 9.17) is 4.98 Å². The van der Waals surface area contributed by atoms with Crippen molar-refractivity contribution in [3.8, 4) is 11.3 Å². The maximum Gasteiger partial charge on any atom is 0.257 e. The van der Waals surface area contributed by atoms with E-state index in [0.29, 0.717) is 35.1 Å². The Morgan fingerprint density at radius 3 is 2.52 bits per heavy atom. The van der Waals surface area contributed by atoms with Crippen LogP contribution in [0.4, 0.5) is 0 Å². The zero-order chi connectivity index (χ0) is 22.0. The second-order valence-electron chi connectivity index (χ2n) is 7.91. The van der Waals surface area contributed by atoms with E-state index in [1.165, 1.54) is 4.90 Å². The Morgan fingerprint density at radius 1 is 1.16 bits per heavy atom. The van der Waals surface area contributed by atoms with E-state index in [1.807, 2.05) is 24.3 Å². The summed E-state index contributed by atoms with van der Waals surface area (Å²) in [5, 5.41) is 10.3. The van der Waals surface area contributed by atoms with E-state index in [9.17, 15) is 9.59 Å². The first-order valence-corrected chi connectivity index (χ1v) is 10.1. The molecule has 2 heterocycles. The Balaban J connectivity index is 1.48. The fourth-order valence-corrected chi connectivity index (χ4v) is 3.16. The molecule has 0 saturated heterocycles. The molecule has 1 saturated carbocycles. The van der Waals surface area contributed by atoms with E-state index in [2.05, 4.69) is 25.2 Å². The molecule has 0 unspecified atom stereocenters. The summed E-state index contributed by atoms with van der Waals surface area (Å²) in [7, 11) is 3.42. The molecule has 2 amide bonds. The Kier molecular flexibility index (Phi) is 5.75. The van der Waals surface area contributed by atoms with Crippen molar-refractivity contribution in [2.45, 2.75) is 38.6 Å². The van der Waals surface area contributed by atoms with Crippen molar-refractivity contribution < 1.29 is 14.2 Å². The van der Waals surface area contributed by atoms with Crippen LogP contribution < -0.4 is 5.32 Å². The molecule has 3 aromatic rings. The van der Waals surface area contributed by atoms with Gasteiger partial charge in [-0.1, -0.05) is 34.6 Å². The lowest BCUT2D eigenvalue weighted by atomic mass is 10.0. The van der Waals surface area contributed by atoms with Gasteiger partial charge in [0.2, 0.25) is 5.91 Å². The van der Waals surface area contributed by atoms with Crippen molar-refractivity contribution in [3.63, 3.8) is 0 Å². The number of hydrogen-bond acceptors (Lipinski definition) is 7. The van der Waals surface area contributed by atoms with Gasteiger partial charge in [0.05, 0.1) is 17.7 Å². The van der Waals surface area contributed by atoms with Gasteiger partial charge in [-0.3, -0.25) is 9.59 Å². The first-order valence-electron chi connectivity index (χ1n) is 10.1. The zero-order valence-electron chi connectivity index (χ0n) is 17.8. The molecular formula is C22H24N6O3. The van der Waals surface area contributed by atoms with Gasteiger partial charge in [-0.05, 0) is 25.3 Å². The van der Waals surface area contributed by atoms with Gasteiger partial charge in [0.15, 0.2) is 0 Å². The first kappa shape index (κ1) is 20.6. The quantitative estimate of drug-likeness (QED) is 0.624. The number of aromatic nitrogens is 4. The molecular weight excluding hydrogens is 396 g/mol. The molecule has 9 nitrogen and oxygen atoms in total. The van der Waals surface area contributed by atoms with Gasteiger partial charge in [-0.15, -0.1) is 0 Å². The molecule has 0 spiro atoms. The summed E-state index contributed by atoms with van der Waals surface area (Å²) >= 11 is 0. The SMILES string of the molecule is Cc1nonc1CC(=O)NCc1ccc(-c2nc(C3CC3)ncc2C(=O)N(C)C)cc1. The highest BCUT2D eigenvalue weighted by molar-refractivity contribution is 5.99. The third-order valence-electron chi connectivity index (χ3n) is 5.18. The van der Waals surface area contributed by atoms with Crippen LogP contribution in [-0.2, 0) is 17.8 Å². The predicted octanol–water partition coefficient (Wildman–Crippen LogP) is 2.27. The molecule has 31 heavy (non-hydrogen) atoms. The fourth-order valence-electron chi connectivity index (χ4n) is 3.16. The smallest absolute Gasteiger partial charge is 0.257 e. The van der Waals surface area contributed by atoms with Crippen LogP contribution in [0.5, 0.6) is 0 Å². The van der Waals surface area contributed by atoms with Crippen LogP contribution >= 0.6 is 0 Å². The molecule has 4 rings (SSSR count). The van der Waals surface area contributed by atoms with Crippen LogP contribution in [0, 0.1) is 6.92 Å². The van der Waals surface area contributed by atoms with E-state index >= 15 is 0 Å². The minimum atomic E-state index is -0.161. The zero-order valence-corrected chi connectivity index (χ0v) is 17.8. The van der Waals surface area contributed by atoms with Crippen LogP contribution in [-0.4, -0.2) is 51.1 Å². The summed E-state index contributed by atoms with van der Waals surface area (Å²) in [6.07, 6.45) is 3.92. The Hall–Kier alpha value is -3.62. The largest absolute Gasteiger partial charge is 0.352 e. The number of carbonyl (C=O) groups excluding carboxylic acids is 2. The van der Waals surface area contributed by atoms with Crippen molar-refractivity contribution in [1.29, 1.82) is 0 Å². The third kappa shape index (κ3) is 4.76. The molecule has 0 bridgehead atoms. The van der Waals surface area contributed by atoms with Crippen molar-refractivity contribution in [2.75, 3.05) is 14.1 Å². The second kappa shape index (κ2) is 8.63. The average Bonchev–Trinajstić information content (AvgIpc) is 3.55. The van der Waals surface area contributed by atoms with Crippen molar-refractivity contribution >= 4 is 11.8 Å². The number of nitrogens with one attached hydrogen (secondary N) is 1. The van der Waals surface area contributed by atoms with Gasteiger partial charge in [0.1, 0.15) is 17.2 Å². The van der Waals surface area contributed by atoms with Crippen molar-refractivity contribution in [1.82, 2.24) is 30.5 Å². The highest BCUT2D eigenvalue weighted by Gasteiger charge is 2.28. The summed E-state index contributed by atoms with van der Waals surface area (Å²) in [6, 6.07) is 7.67. The lowest BCUT2D eigenvalue weighted by molar-refractivity contribution is -0.120. The standard InChI is InChI=1S/C22H24N6O3/c1-13-18(27-31-26-13)10-19(29)23-11-14-4-6-15(7-5-14)20-17(22(30)28(2)3)12-24-21(25-20)16-8-9-16/h4-7,12,16H,8-11H2,1-3H3,(H,23,29). The summed E-state index contributed by atoms with van der Waals surface area (Å²) in [5.41, 5.74) is 4.03. The number of aryl methyl sites for hydroxylation is 1. The normalized spacial score (nSPS) is 13.1. The lowest BCUT2D eigenvalue weighted by Gasteiger charge is -2.14. The fraction of sp³-hybridized carbons (Fsp3) is 0.364. The number of benzene rings is 1. The van der Waals surface area contributed by atoms with Crippen molar-refractivity contribution in [3.05, 3.63) is 58.8 Å². The molecule has 2 aromatic heterocycles. The number of carbonyl (C=O) groups is 2. The Labute approximate surface area is 179 Å². The van der Waals surface area contributed by atoms with Crippen molar-refractivity contribution in [2.24, 2.45) is 0 Å². The maximum absolute atomic E-state index is 12.6. The maximum atomic E-state index is 12.6. The first-order chi connectivity index (χ1) is 14.9. The topological polar surface area (TPSA) is 114 Å². The van der Waals surface area contributed by atoms with Crippen LogP contribution in [0.3, 0.4) is 0 Å². The molecule has 160 valence electrons. The molecule has 1 aromatic carbocycles. The average molecular weight is 420 g/mol. The lowest BCUT2D eigenvalue weighted by Crippen LogP contribution is -2.25. The molecule has 9 heteroatoms. The van der Waals surface area contributed by atoms with Gasteiger partial charge in [0, 0.05) is 38.3 Å². The second-order valence-corrected chi connectivity index (χ2v) is 7.91. The minimum Gasteiger partial charge on any atom is -0.352 e. The molecule has 1 aliphatic carbocycles. The van der Waals surface area contributed by atoms with Crippen LogP contribution in [0.15, 0.2) is 35.1 Å². The summed E-state index contributed by atoms with van der Waals surface area (Å²) < 4.78 is 4.61. The summed E-state index contributed by atoms with van der Waals surface area (Å²) in [5.74, 6) is 0.887. The molecule has 1 N–H and O–H groups in total. The molecule has 1 fully saturated rings. The monoisotopic (exact) mass is 420 g/mol. The Morgan fingerprint density at radius 2 is 1.90 bits per heavy atom. The van der Waals surface area contributed by atoms with E-state index in [-0.39, 0.29) is 18.2 Å². The minimum absolute atomic E-state index is 0.119. The number of rotatable bonds is 7. The van der Waals surface area contributed by atoms with Crippen LogP contribution in [0.1, 0.15) is 51.9 Å². The van der Waals surface area contributed by atoms with Gasteiger partial charge in [-0.2, -0.15) is 0 Å². The number of hydrogen-bond donors (Lipinski definition) is 1. The molecule has 0 aliphatic heterocycles. The van der Waals surface area contributed by atoms with E-state index in [1.54, 1.807) is 27.2 Å². The molecule has 1 aliphatic rings. The van der Waals surface area contributed by atoms with Gasteiger partial charge in [-0.25, -0.2) is 14.6 Å². The summed E-state index contributed by atoms with van der Waals surface area (Å²) in [6.45, 7) is 2.12. The van der Waals surface area contributed by atoms with Crippen LogP contribution in [0.25, 0.3) is 11.3 Å². The highest BCUT2D eigenvalue weighted by atomic mass is 16.6. The van der Waals surface area contributed by atoms with Gasteiger partial charge in [0.25, 0.3) is 5.91 Å². The summed E-state index contributed by atoms with van der Waals surface area (Å²) in [4.78, 5) is 35.4. The Bertz CT molecular complexity index is 1100. The highest BCUT2D eigenvalue weighted by Crippen LogP contribution is 2.39.